The van der Waals surface area contributed by atoms with Gasteiger partial charge in [-0.1, -0.05) is 48.5 Å². The fourth-order valence-corrected chi connectivity index (χ4v) is 6.06. The van der Waals surface area contributed by atoms with E-state index in [-0.39, 0.29) is 52.9 Å². The highest BCUT2D eigenvalue weighted by atomic mass is 16.6. The molecule has 4 aromatic carbocycles. The Morgan fingerprint density at radius 1 is 0.348 bits per heavy atom. The van der Waals surface area contributed by atoms with Crippen molar-refractivity contribution in [3.05, 3.63) is 119 Å². The van der Waals surface area contributed by atoms with Gasteiger partial charge in [-0.25, -0.2) is 19.2 Å². The molecule has 0 heterocycles. The first kappa shape index (κ1) is 50.7. The van der Waals surface area contributed by atoms with E-state index in [4.69, 9.17) is 63.6 Å². The molecule has 0 saturated carbocycles. The van der Waals surface area contributed by atoms with E-state index in [1.165, 1.54) is 0 Å². The second-order valence-electron chi connectivity index (χ2n) is 14.1. The van der Waals surface area contributed by atoms with Crippen LogP contribution in [0.5, 0.6) is 23.0 Å². The second-order valence-corrected chi connectivity index (χ2v) is 14.1. The lowest BCUT2D eigenvalue weighted by Gasteiger charge is -2.30. The molecule has 0 fully saturated rings. The molecular weight excluding hydrogens is 857 g/mol. The molecule has 4 aromatic rings. The van der Waals surface area contributed by atoms with Gasteiger partial charge in [0.25, 0.3) is 0 Å². The number of benzene rings is 4. The molecule has 0 aromatic heterocycles. The SMILES string of the molecule is C#CC(=O)OCC(O)COc1ccc(C(c2ccc(OCC(O)COC(=O)C#C)cc2)C(c2ccc(OCC(O)COC(=O)C#C)cc2)c2ccc(OCC(O)COC(=O)C#C)cc2)cc1. The number of hydrogen-bond donors (Lipinski definition) is 4. The summed E-state index contributed by atoms with van der Waals surface area (Å²) in [4.78, 5) is 45.3. The van der Waals surface area contributed by atoms with Gasteiger partial charge in [-0.2, -0.15) is 0 Å². The van der Waals surface area contributed by atoms with Crippen molar-refractivity contribution < 1.29 is 77.5 Å². The van der Waals surface area contributed by atoms with E-state index < -0.39 is 60.1 Å². The number of rotatable bonds is 25. The second kappa shape index (κ2) is 26.6. The molecule has 16 nitrogen and oxygen atoms in total. The van der Waals surface area contributed by atoms with Gasteiger partial charge in [0.15, 0.2) is 0 Å². The van der Waals surface area contributed by atoms with Crippen molar-refractivity contribution in [1.82, 2.24) is 0 Å². The summed E-state index contributed by atoms with van der Waals surface area (Å²) in [5.41, 5.74) is 3.24. The first-order chi connectivity index (χ1) is 31.8. The molecule has 0 aliphatic rings. The number of carbonyl (C=O) groups excluding carboxylic acids is 4. The summed E-state index contributed by atoms with van der Waals surface area (Å²) in [5.74, 6) is 4.28. The molecule has 342 valence electrons. The fourth-order valence-electron chi connectivity index (χ4n) is 6.06. The Bertz CT molecular complexity index is 2030. The van der Waals surface area contributed by atoms with Crippen molar-refractivity contribution in [2.24, 2.45) is 0 Å². The molecule has 4 atom stereocenters. The minimum Gasteiger partial charge on any atom is -0.491 e. The zero-order valence-electron chi connectivity index (χ0n) is 35.4. The van der Waals surface area contributed by atoms with Crippen molar-refractivity contribution >= 4 is 23.9 Å². The number of ether oxygens (including phenoxy) is 8. The van der Waals surface area contributed by atoms with Crippen molar-refractivity contribution in [2.75, 3.05) is 52.9 Å². The van der Waals surface area contributed by atoms with Crippen LogP contribution in [0.2, 0.25) is 0 Å². The van der Waals surface area contributed by atoms with Crippen LogP contribution in [0.25, 0.3) is 0 Å². The predicted octanol–water partition coefficient (Wildman–Crippen LogP) is 2.31. The van der Waals surface area contributed by atoms with Crippen LogP contribution in [0.3, 0.4) is 0 Å². The smallest absolute Gasteiger partial charge is 0.384 e. The summed E-state index contributed by atoms with van der Waals surface area (Å²) < 4.78 is 42.2. The molecule has 0 amide bonds. The third kappa shape index (κ3) is 17.0. The zero-order valence-corrected chi connectivity index (χ0v) is 35.4. The average molecular weight is 903 g/mol. The monoisotopic (exact) mass is 902 g/mol. The van der Waals surface area contributed by atoms with Gasteiger partial charge < -0.3 is 58.3 Å². The van der Waals surface area contributed by atoms with Gasteiger partial charge in [0.1, 0.15) is 100 Å². The topological polar surface area (TPSA) is 223 Å². The third-order valence-electron chi connectivity index (χ3n) is 9.16. The molecule has 0 bridgehead atoms. The summed E-state index contributed by atoms with van der Waals surface area (Å²) in [6.07, 6.45) is 15.5. The molecule has 16 heteroatoms. The van der Waals surface area contributed by atoms with Crippen LogP contribution in [-0.4, -0.2) is 122 Å². The molecule has 0 radical (unpaired) electrons. The molecule has 4 N–H and O–H groups in total. The molecule has 0 spiro atoms. The maximum absolute atomic E-state index is 11.3. The lowest BCUT2D eigenvalue weighted by molar-refractivity contribution is -0.140. The van der Waals surface area contributed by atoms with Crippen molar-refractivity contribution in [3.63, 3.8) is 0 Å². The quantitative estimate of drug-likeness (QED) is 0.0324. The predicted molar refractivity (Wildman–Crippen MR) is 235 cm³/mol. The molecule has 0 aliphatic carbocycles. The van der Waals surface area contributed by atoms with E-state index in [9.17, 15) is 39.6 Å². The Hall–Kier alpha value is -7.96. The van der Waals surface area contributed by atoms with Crippen molar-refractivity contribution in [2.45, 2.75) is 36.3 Å². The van der Waals surface area contributed by atoms with Crippen LogP contribution in [0.15, 0.2) is 97.1 Å². The first-order valence-corrected chi connectivity index (χ1v) is 20.0. The highest BCUT2D eigenvalue weighted by molar-refractivity contribution is 5.88. The minimum absolute atomic E-state index is 0.200. The summed E-state index contributed by atoms with van der Waals surface area (Å²) in [6.45, 7) is -2.24. The summed E-state index contributed by atoms with van der Waals surface area (Å²) >= 11 is 0. The molecule has 66 heavy (non-hydrogen) atoms. The maximum Gasteiger partial charge on any atom is 0.384 e. The van der Waals surface area contributed by atoms with Gasteiger partial charge in [0, 0.05) is 35.5 Å². The van der Waals surface area contributed by atoms with Gasteiger partial charge >= 0.3 is 23.9 Å². The normalized spacial score (nSPS) is 13.2. The van der Waals surface area contributed by atoms with Gasteiger partial charge in [-0.15, -0.1) is 25.7 Å². The van der Waals surface area contributed by atoms with E-state index in [1.54, 1.807) is 72.2 Å². The van der Waals surface area contributed by atoms with Crippen LogP contribution in [-0.2, 0) is 38.1 Å². The van der Waals surface area contributed by atoms with E-state index in [0.717, 1.165) is 22.3 Å². The average Bonchev–Trinajstić information content (AvgIpc) is 3.35. The number of aliphatic hydroxyl groups is 4. The van der Waals surface area contributed by atoms with E-state index in [2.05, 4.69) is 0 Å². The Labute approximate surface area is 381 Å². The summed E-state index contributed by atoms with van der Waals surface area (Å²) in [7, 11) is 0. The van der Waals surface area contributed by atoms with Crippen molar-refractivity contribution in [1.29, 1.82) is 0 Å². The lowest BCUT2D eigenvalue weighted by Crippen LogP contribution is -2.25. The third-order valence-corrected chi connectivity index (χ3v) is 9.16. The van der Waals surface area contributed by atoms with E-state index >= 15 is 0 Å². The van der Waals surface area contributed by atoms with E-state index in [0.29, 0.717) is 23.0 Å². The zero-order chi connectivity index (χ0) is 47.8. The van der Waals surface area contributed by atoms with Gasteiger partial charge in [-0.3, -0.25) is 0 Å². The van der Waals surface area contributed by atoms with Crippen LogP contribution < -0.4 is 18.9 Å². The number of terminal acetylenes is 4. The van der Waals surface area contributed by atoms with Crippen LogP contribution in [0.4, 0.5) is 0 Å². The van der Waals surface area contributed by atoms with Crippen LogP contribution >= 0.6 is 0 Å². The molecule has 4 unspecified atom stereocenters. The molecule has 0 aliphatic heterocycles. The lowest BCUT2D eigenvalue weighted by atomic mass is 9.73. The van der Waals surface area contributed by atoms with E-state index in [1.807, 2.05) is 48.5 Å². The highest BCUT2D eigenvalue weighted by Gasteiger charge is 2.29. The Balaban J connectivity index is 1.70. The van der Waals surface area contributed by atoms with Crippen molar-refractivity contribution in [3.8, 4) is 72.4 Å². The summed E-state index contributed by atoms with van der Waals surface area (Å²) in [5, 5.41) is 41.1. The number of aliphatic hydroxyl groups excluding tert-OH is 4. The minimum atomic E-state index is -1.15. The van der Waals surface area contributed by atoms with Gasteiger partial charge in [-0.05, 0) is 70.8 Å². The number of esters is 4. The molecular formula is C50H46O16. The molecule has 4 rings (SSSR count). The Morgan fingerprint density at radius 3 is 0.697 bits per heavy atom. The first-order valence-electron chi connectivity index (χ1n) is 20.0. The summed E-state index contributed by atoms with van der Waals surface area (Å²) in [6, 6.07) is 28.6. The largest absolute Gasteiger partial charge is 0.491 e. The number of carbonyl (C=O) groups is 4. The van der Waals surface area contributed by atoms with Gasteiger partial charge in [0.05, 0.1) is 0 Å². The standard InChI is InChI=1S/C50H46O16/c1-5-45(55)63-29-37(51)25-59-41-17-9-33(10-18-41)49(34-11-19-42(20-12-34)60-26-38(52)30-64-46(56)6-2)50(35-13-21-43(22-14-35)61-27-39(53)31-65-47(57)7-3)36-15-23-44(24-16-36)62-28-40(54)32-66-48(58)8-4/h1-4,9-24,37-40,49-54H,25-32H2. The van der Waals surface area contributed by atoms with Crippen LogP contribution in [0, 0.1) is 49.4 Å². The van der Waals surface area contributed by atoms with Gasteiger partial charge in [0.2, 0.25) is 0 Å². The maximum atomic E-state index is 11.3. The highest BCUT2D eigenvalue weighted by Crippen LogP contribution is 2.44. The molecule has 0 saturated heterocycles. The fraction of sp³-hybridized carbons (Fsp3) is 0.280. The Kier molecular flexibility index (Phi) is 20.4. The van der Waals surface area contributed by atoms with Crippen LogP contribution in [0.1, 0.15) is 34.1 Å². The number of hydrogen-bond acceptors (Lipinski definition) is 16. The Morgan fingerprint density at radius 2 is 0.530 bits per heavy atom.